The summed E-state index contributed by atoms with van der Waals surface area (Å²) in [5, 5.41) is 0.501. The summed E-state index contributed by atoms with van der Waals surface area (Å²) >= 11 is 5.94. The maximum atomic E-state index is 13.3. The number of fused-ring (bicyclic) bond motifs is 2. The maximum absolute atomic E-state index is 13.3. The number of rotatable bonds is 3. The quantitative estimate of drug-likeness (QED) is 0.513. The van der Waals surface area contributed by atoms with E-state index in [-0.39, 0.29) is 10.9 Å². The molecule has 1 fully saturated rings. The molecule has 2 aliphatic heterocycles. The van der Waals surface area contributed by atoms with Crippen LogP contribution in [0.4, 0.5) is 5.69 Å². The molecule has 0 spiro atoms. The van der Waals surface area contributed by atoms with Gasteiger partial charge < -0.3 is 14.4 Å². The molecule has 0 unspecified atom stereocenters. The van der Waals surface area contributed by atoms with Crippen molar-refractivity contribution in [3.63, 3.8) is 0 Å². The minimum atomic E-state index is -3.64. The minimum absolute atomic E-state index is 0.240. The van der Waals surface area contributed by atoms with E-state index >= 15 is 0 Å². The summed E-state index contributed by atoms with van der Waals surface area (Å²) in [5.74, 6) is 2.73. The molecule has 0 N–H and O–H groups in total. The number of para-hydroxylation sites is 2. The Morgan fingerprint density at radius 2 is 1.79 bits per heavy atom. The Bertz CT molecular complexity index is 1360. The molecule has 0 aromatic heterocycles. The number of methoxy groups -OCH3 is 1. The molecule has 2 aliphatic rings. The molecule has 0 aliphatic carbocycles. The van der Waals surface area contributed by atoms with Crippen LogP contribution < -0.4 is 9.47 Å². The van der Waals surface area contributed by atoms with Gasteiger partial charge in [0.1, 0.15) is 23.0 Å². The number of amidine groups is 1. The van der Waals surface area contributed by atoms with Gasteiger partial charge in [-0.05, 0) is 55.5 Å². The van der Waals surface area contributed by atoms with Gasteiger partial charge in [0.05, 0.1) is 17.6 Å². The topological polar surface area (TPSA) is 71.4 Å². The van der Waals surface area contributed by atoms with Crippen LogP contribution in [0, 0.1) is 0 Å². The molecule has 7 nitrogen and oxygen atoms in total. The van der Waals surface area contributed by atoms with E-state index in [1.807, 2.05) is 49.4 Å². The summed E-state index contributed by atoms with van der Waals surface area (Å²) in [6.45, 7) is 3.22. The monoisotopic (exact) mass is 497 g/mol. The van der Waals surface area contributed by atoms with Gasteiger partial charge in [-0.2, -0.15) is 4.31 Å². The first-order chi connectivity index (χ1) is 16.4. The van der Waals surface area contributed by atoms with Crippen molar-refractivity contribution in [2.75, 3.05) is 26.7 Å². The molecule has 5 rings (SSSR count). The molecule has 0 saturated carbocycles. The number of hydrogen-bond acceptors (Lipinski definition) is 6. The summed E-state index contributed by atoms with van der Waals surface area (Å²) in [5.41, 5.74) is 1.55. The van der Waals surface area contributed by atoms with Crippen LogP contribution in [0.5, 0.6) is 17.2 Å². The summed E-state index contributed by atoms with van der Waals surface area (Å²) in [6.07, 6.45) is 0. The van der Waals surface area contributed by atoms with Gasteiger partial charge in [0, 0.05) is 36.8 Å². The third kappa shape index (κ3) is 4.13. The van der Waals surface area contributed by atoms with Gasteiger partial charge in [-0.1, -0.05) is 23.7 Å². The molecule has 9 heteroatoms. The summed E-state index contributed by atoms with van der Waals surface area (Å²) in [7, 11) is -2.03. The Labute approximate surface area is 204 Å². The first-order valence-corrected chi connectivity index (χ1v) is 12.7. The largest absolute Gasteiger partial charge is 0.497 e. The summed E-state index contributed by atoms with van der Waals surface area (Å²) in [6, 6.07) is 19.3. The van der Waals surface area contributed by atoms with Gasteiger partial charge in [0.25, 0.3) is 0 Å². The molecular formula is C25H24ClN3O4S. The highest BCUT2D eigenvalue weighted by atomic mass is 35.5. The number of sulfonamides is 1. The average Bonchev–Trinajstić information content (AvgIpc) is 3.00. The first kappa shape index (κ1) is 22.7. The number of hydrogen-bond donors (Lipinski definition) is 0. The molecule has 0 radical (unpaired) electrons. The third-order valence-corrected chi connectivity index (χ3v) is 8.31. The third-order valence-electron chi connectivity index (χ3n) is 6.03. The van der Waals surface area contributed by atoms with E-state index in [0.717, 1.165) is 17.1 Å². The Morgan fingerprint density at radius 3 is 2.53 bits per heavy atom. The van der Waals surface area contributed by atoms with E-state index in [4.69, 9.17) is 26.1 Å². The average molecular weight is 498 g/mol. The fraction of sp³-hybridized carbons (Fsp3) is 0.240. The van der Waals surface area contributed by atoms with Crippen LogP contribution >= 0.6 is 11.6 Å². The van der Waals surface area contributed by atoms with E-state index in [1.54, 1.807) is 35.7 Å². The van der Waals surface area contributed by atoms with Crippen molar-refractivity contribution in [3.8, 4) is 17.2 Å². The van der Waals surface area contributed by atoms with Crippen molar-refractivity contribution < 1.29 is 17.9 Å². The normalized spacial score (nSPS) is 18.3. The first-order valence-electron chi connectivity index (χ1n) is 10.9. The van der Waals surface area contributed by atoms with Crippen molar-refractivity contribution in [2.24, 2.45) is 4.99 Å². The van der Waals surface area contributed by atoms with Gasteiger partial charge >= 0.3 is 0 Å². The standard InChI is InChI=1S/C25H24ClN3O4S/c1-17-16-28(13-14-29(17)34(30,31)20-10-7-18(26)8-11-20)25-21-12-9-19(32-2)15-24(21)33-23-6-4-3-5-22(23)27-25/h3-12,15,17H,13-14,16H2,1-2H3/t17-/m1/s1. The van der Waals surface area contributed by atoms with E-state index in [0.29, 0.717) is 41.9 Å². The molecule has 1 saturated heterocycles. The molecule has 0 amide bonds. The van der Waals surface area contributed by atoms with Crippen LogP contribution in [0.15, 0.2) is 76.6 Å². The lowest BCUT2D eigenvalue weighted by Gasteiger charge is -2.40. The number of nitrogens with zero attached hydrogens (tertiary/aromatic N) is 3. The fourth-order valence-corrected chi connectivity index (χ4v) is 6.04. The van der Waals surface area contributed by atoms with Crippen molar-refractivity contribution >= 4 is 33.1 Å². The minimum Gasteiger partial charge on any atom is -0.497 e. The van der Waals surface area contributed by atoms with E-state index < -0.39 is 10.0 Å². The van der Waals surface area contributed by atoms with Crippen LogP contribution in [0.25, 0.3) is 0 Å². The van der Waals surface area contributed by atoms with E-state index in [2.05, 4.69) is 4.90 Å². The van der Waals surface area contributed by atoms with Crippen LogP contribution in [0.3, 0.4) is 0 Å². The smallest absolute Gasteiger partial charge is 0.243 e. The lowest BCUT2D eigenvalue weighted by molar-refractivity contribution is 0.205. The Hall–Kier alpha value is -3.07. The van der Waals surface area contributed by atoms with Crippen molar-refractivity contribution in [2.45, 2.75) is 17.9 Å². The predicted octanol–water partition coefficient (Wildman–Crippen LogP) is 4.93. The highest BCUT2D eigenvalue weighted by Gasteiger charge is 2.36. The second kappa shape index (κ2) is 8.94. The molecule has 3 aromatic carbocycles. The molecule has 1 atom stereocenters. The van der Waals surface area contributed by atoms with E-state index in [9.17, 15) is 8.42 Å². The molecule has 176 valence electrons. The lowest BCUT2D eigenvalue weighted by Crippen LogP contribution is -2.55. The predicted molar refractivity (Wildman–Crippen MR) is 132 cm³/mol. The van der Waals surface area contributed by atoms with Crippen molar-refractivity contribution in [1.29, 1.82) is 0 Å². The fourth-order valence-electron chi connectivity index (χ4n) is 4.30. The van der Waals surface area contributed by atoms with Crippen molar-refractivity contribution in [3.05, 3.63) is 77.3 Å². The van der Waals surface area contributed by atoms with Gasteiger partial charge in [-0.25, -0.2) is 13.4 Å². The molecule has 34 heavy (non-hydrogen) atoms. The molecular weight excluding hydrogens is 474 g/mol. The number of aliphatic imine (C=N–C) groups is 1. The SMILES string of the molecule is COc1ccc2c(c1)Oc1ccccc1N=C2N1CCN(S(=O)(=O)c2ccc(Cl)cc2)[C@H](C)C1. The molecule has 2 heterocycles. The van der Waals surface area contributed by atoms with Gasteiger partial charge in [0.2, 0.25) is 10.0 Å². The zero-order valence-corrected chi connectivity index (χ0v) is 20.4. The Morgan fingerprint density at radius 1 is 1.03 bits per heavy atom. The zero-order valence-electron chi connectivity index (χ0n) is 18.8. The Kier molecular flexibility index (Phi) is 5.97. The summed E-state index contributed by atoms with van der Waals surface area (Å²) in [4.78, 5) is 7.30. The zero-order chi connectivity index (χ0) is 23.9. The summed E-state index contributed by atoms with van der Waals surface area (Å²) < 4.78 is 39.7. The number of piperazine rings is 1. The van der Waals surface area contributed by atoms with Gasteiger partial charge in [0.15, 0.2) is 5.75 Å². The van der Waals surface area contributed by atoms with Crippen LogP contribution in [-0.2, 0) is 10.0 Å². The number of halogens is 1. The number of benzene rings is 3. The molecule has 0 bridgehead atoms. The Balaban J connectivity index is 1.48. The van der Waals surface area contributed by atoms with Crippen molar-refractivity contribution in [1.82, 2.24) is 9.21 Å². The van der Waals surface area contributed by atoms with Gasteiger partial charge in [-0.3, -0.25) is 0 Å². The highest BCUT2D eigenvalue weighted by Crippen LogP contribution is 2.40. The second-order valence-corrected chi connectivity index (χ2v) is 10.6. The lowest BCUT2D eigenvalue weighted by atomic mass is 10.1. The van der Waals surface area contributed by atoms with E-state index in [1.165, 1.54) is 0 Å². The number of ether oxygens (including phenoxy) is 2. The second-order valence-electron chi connectivity index (χ2n) is 8.23. The maximum Gasteiger partial charge on any atom is 0.243 e. The van der Waals surface area contributed by atoms with Crippen LogP contribution in [-0.4, -0.2) is 56.2 Å². The van der Waals surface area contributed by atoms with Crippen LogP contribution in [0.1, 0.15) is 12.5 Å². The highest BCUT2D eigenvalue weighted by molar-refractivity contribution is 7.89. The molecule has 3 aromatic rings. The van der Waals surface area contributed by atoms with Gasteiger partial charge in [-0.15, -0.1) is 0 Å². The van der Waals surface area contributed by atoms with Crippen LogP contribution in [0.2, 0.25) is 5.02 Å².